The van der Waals surface area contributed by atoms with Crippen molar-refractivity contribution in [1.29, 1.82) is 0 Å². The van der Waals surface area contributed by atoms with Crippen LogP contribution in [0.25, 0.3) is 0 Å². The van der Waals surface area contributed by atoms with Gasteiger partial charge in [0, 0.05) is 11.3 Å². The van der Waals surface area contributed by atoms with E-state index in [4.69, 9.17) is 0 Å². The maximum atomic E-state index is 10.1. The van der Waals surface area contributed by atoms with E-state index in [1.807, 2.05) is 13.8 Å². The molecule has 0 aliphatic carbocycles. The topological polar surface area (TPSA) is 63.4 Å². The molecule has 0 aromatic rings. The minimum absolute atomic E-state index is 0.109. The first kappa shape index (κ1) is 11.4. The summed E-state index contributed by atoms with van der Waals surface area (Å²) in [5.41, 5.74) is -0.901. The summed E-state index contributed by atoms with van der Waals surface area (Å²) in [6.07, 6.45) is 1.07. The largest absolute Gasteiger partial charge is 0.390 e. The molecule has 0 bridgehead atoms. The summed E-state index contributed by atoms with van der Waals surface area (Å²) in [6, 6.07) is 0. The number of nitro groups is 1. The zero-order chi connectivity index (χ0) is 9.78. The Balaban J connectivity index is 3.94. The van der Waals surface area contributed by atoms with Crippen LogP contribution in [0.3, 0.4) is 0 Å². The molecule has 0 fully saturated rings. The van der Waals surface area contributed by atoms with Gasteiger partial charge in [0.05, 0.1) is 5.60 Å². The Morgan fingerprint density at radius 3 is 2.50 bits per heavy atom. The Morgan fingerprint density at radius 1 is 1.67 bits per heavy atom. The summed E-state index contributed by atoms with van der Waals surface area (Å²) in [7, 11) is 0. The van der Waals surface area contributed by atoms with Crippen molar-refractivity contribution in [2.24, 2.45) is 5.92 Å². The molecule has 0 rings (SSSR count). The predicted molar refractivity (Wildman–Crippen MR) is 46.6 cm³/mol. The number of hydrogen-bond donors (Lipinski definition) is 1. The van der Waals surface area contributed by atoms with E-state index >= 15 is 0 Å². The second-order valence-electron chi connectivity index (χ2n) is 3.47. The van der Waals surface area contributed by atoms with Crippen LogP contribution in [-0.4, -0.2) is 22.2 Å². The average Bonchev–Trinajstić information content (AvgIpc) is 1.99. The second-order valence-corrected chi connectivity index (χ2v) is 3.47. The van der Waals surface area contributed by atoms with Crippen molar-refractivity contribution in [3.05, 3.63) is 10.1 Å². The lowest BCUT2D eigenvalue weighted by molar-refractivity contribution is -0.483. The molecule has 72 valence electrons. The maximum absolute atomic E-state index is 10.1. The molecule has 0 radical (unpaired) electrons. The van der Waals surface area contributed by atoms with Crippen LogP contribution >= 0.6 is 0 Å². The normalized spacial score (nSPS) is 18.3. The van der Waals surface area contributed by atoms with E-state index in [9.17, 15) is 15.2 Å². The Hall–Kier alpha value is -0.640. The zero-order valence-corrected chi connectivity index (χ0v) is 7.91. The van der Waals surface area contributed by atoms with E-state index in [1.54, 1.807) is 6.92 Å². The summed E-state index contributed by atoms with van der Waals surface area (Å²) >= 11 is 0. The number of aliphatic hydroxyl groups is 1. The van der Waals surface area contributed by atoms with Crippen molar-refractivity contribution in [2.45, 2.75) is 39.2 Å². The molecular weight excluding hydrogens is 158 g/mol. The molecule has 2 unspecified atom stereocenters. The van der Waals surface area contributed by atoms with E-state index in [0.717, 1.165) is 6.42 Å². The molecule has 0 amide bonds. The van der Waals surface area contributed by atoms with Crippen molar-refractivity contribution >= 4 is 0 Å². The van der Waals surface area contributed by atoms with Gasteiger partial charge in [-0.2, -0.15) is 0 Å². The third-order valence-electron chi connectivity index (χ3n) is 2.47. The first-order chi connectivity index (χ1) is 5.40. The van der Waals surface area contributed by atoms with E-state index in [1.165, 1.54) is 0 Å². The molecule has 0 spiro atoms. The van der Waals surface area contributed by atoms with Crippen LogP contribution in [0.1, 0.15) is 33.6 Å². The highest BCUT2D eigenvalue weighted by Gasteiger charge is 2.28. The third kappa shape index (κ3) is 3.67. The van der Waals surface area contributed by atoms with Gasteiger partial charge in [0.1, 0.15) is 0 Å². The summed E-state index contributed by atoms with van der Waals surface area (Å²) in [6.45, 7) is 5.37. The van der Waals surface area contributed by atoms with Gasteiger partial charge in [-0.15, -0.1) is 0 Å². The minimum atomic E-state index is -0.901. The highest BCUT2D eigenvalue weighted by atomic mass is 16.6. The predicted octanol–water partition coefficient (Wildman–Crippen LogP) is 1.45. The van der Waals surface area contributed by atoms with Crippen LogP contribution in [0.4, 0.5) is 0 Å². The standard InChI is InChI=1S/C8H17NO3/c1-4-7(2)8(3,10)5-6-9(11)12/h7,10H,4-6H2,1-3H3. The first-order valence-electron chi connectivity index (χ1n) is 4.24. The van der Waals surface area contributed by atoms with Gasteiger partial charge < -0.3 is 5.11 Å². The van der Waals surface area contributed by atoms with Crippen LogP contribution in [0.5, 0.6) is 0 Å². The SMILES string of the molecule is CCC(C)C(C)(O)CC[N+](=O)[O-]. The molecule has 12 heavy (non-hydrogen) atoms. The lowest BCUT2D eigenvalue weighted by Crippen LogP contribution is -2.34. The molecule has 1 N–H and O–H groups in total. The fourth-order valence-corrected chi connectivity index (χ4v) is 1.00. The molecule has 0 aliphatic rings. The van der Waals surface area contributed by atoms with Gasteiger partial charge in [0.25, 0.3) is 0 Å². The Bertz CT molecular complexity index is 156. The summed E-state index contributed by atoms with van der Waals surface area (Å²) in [5, 5.41) is 19.8. The highest BCUT2D eigenvalue weighted by Crippen LogP contribution is 2.23. The summed E-state index contributed by atoms with van der Waals surface area (Å²) < 4.78 is 0. The molecule has 0 heterocycles. The minimum Gasteiger partial charge on any atom is -0.390 e. The van der Waals surface area contributed by atoms with Crippen LogP contribution in [0.15, 0.2) is 0 Å². The van der Waals surface area contributed by atoms with E-state index in [-0.39, 0.29) is 18.9 Å². The lowest BCUT2D eigenvalue weighted by atomic mass is 9.86. The molecule has 0 saturated carbocycles. The van der Waals surface area contributed by atoms with Crippen molar-refractivity contribution in [1.82, 2.24) is 0 Å². The molecule has 0 aromatic carbocycles. The Morgan fingerprint density at radius 2 is 2.17 bits per heavy atom. The van der Waals surface area contributed by atoms with Crippen molar-refractivity contribution < 1.29 is 10.0 Å². The quantitative estimate of drug-likeness (QED) is 0.508. The summed E-state index contributed by atoms with van der Waals surface area (Å²) in [4.78, 5) is 9.66. The molecule has 0 saturated heterocycles. The van der Waals surface area contributed by atoms with Gasteiger partial charge in [-0.3, -0.25) is 10.1 Å². The molecule has 0 aromatic heterocycles. The van der Waals surface area contributed by atoms with Crippen molar-refractivity contribution in [3.63, 3.8) is 0 Å². The molecular formula is C8H17NO3. The van der Waals surface area contributed by atoms with Crippen LogP contribution in [0, 0.1) is 16.0 Å². The second kappa shape index (κ2) is 4.40. The fourth-order valence-electron chi connectivity index (χ4n) is 1.00. The van der Waals surface area contributed by atoms with E-state index in [2.05, 4.69) is 0 Å². The zero-order valence-electron chi connectivity index (χ0n) is 7.91. The van der Waals surface area contributed by atoms with Gasteiger partial charge in [0.15, 0.2) is 0 Å². The van der Waals surface area contributed by atoms with Crippen molar-refractivity contribution in [3.8, 4) is 0 Å². The van der Waals surface area contributed by atoms with E-state index in [0.29, 0.717) is 0 Å². The van der Waals surface area contributed by atoms with Crippen molar-refractivity contribution in [2.75, 3.05) is 6.54 Å². The average molecular weight is 175 g/mol. The fraction of sp³-hybridized carbons (Fsp3) is 1.00. The molecule has 0 aliphatic heterocycles. The number of nitrogens with zero attached hydrogens (tertiary/aromatic N) is 1. The highest BCUT2D eigenvalue weighted by molar-refractivity contribution is 4.77. The van der Waals surface area contributed by atoms with Gasteiger partial charge in [-0.25, -0.2) is 0 Å². The van der Waals surface area contributed by atoms with Crippen LogP contribution < -0.4 is 0 Å². The Kier molecular flexibility index (Phi) is 4.17. The first-order valence-corrected chi connectivity index (χ1v) is 4.24. The molecule has 4 heteroatoms. The lowest BCUT2D eigenvalue weighted by Gasteiger charge is -2.27. The monoisotopic (exact) mass is 175 g/mol. The van der Waals surface area contributed by atoms with Gasteiger partial charge in [-0.1, -0.05) is 20.3 Å². The number of rotatable bonds is 5. The molecule has 2 atom stereocenters. The van der Waals surface area contributed by atoms with Gasteiger partial charge >= 0.3 is 0 Å². The number of hydrogen-bond acceptors (Lipinski definition) is 3. The molecule has 4 nitrogen and oxygen atoms in total. The van der Waals surface area contributed by atoms with Gasteiger partial charge in [-0.05, 0) is 12.8 Å². The maximum Gasteiger partial charge on any atom is 0.206 e. The summed E-state index contributed by atoms with van der Waals surface area (Å²) in [5.74, 6) is 0.109. The van der Waals surface area contributed by atoms with E-state index < -0.39 is 10.5 Å². The van der Waals surface area contributed by atoms with Crippen LogP contribution in [0.2, 0.25) is 0 Å². The smallest absolute Gasteiger partial charge is 0.206 e. The Labute approximate surface area is 72.7 Å². The van der Waals surface area contributed by atoms with Gasteiger partial charge in [0.2, 0.25) is 6.54 Å². The van der Waals surface area contributed by atoms with Crippen LogP contribution in [-0.2, 0) is 0 Å². The third-order valence-corrected chi connectivity index (χ3v) is 2.47.